The van der Waals surface area contributed by atoms with Crippen molar-refractivity contribution in [1.29, 1.82) is 0 Å². The molecule has 4 nitrogen and oxygen atoms in total. The second-order valence-electron chi connectivity index (χ2n) is 5.38. The summed E-state index contributed by atoms with van der Waals surface area (Å²) >= 11 is 5.37. The Balaban J connectivity index is 0.00000288. The molecular formula is C17H24BrIN4S. The third kappa shape index (κ3) is 6.00. The lowest BCUT2D eigenvalue weighted by Gasteiger charge is -2.19. The second-order valence-corrected chi connectivity index (χ2v) is 7.52. The first kappa shape index (κ1) is 21.4. The van der Waals surface area contributed by atoms with E-state index in [0.29, 0.717) is 0 Å². The van der Waals surface area contributed by atoms with Gasteiger partial charge in [-0.2, -0.15) is 0 Å². The summed E-state index contributed by atoms with van der Waals surface area (Å²) in [5.41, 5.74) is 2.35. The van der Waals surface area contributed by atoms with Crippen LogP contribution in [-0.2, 0) is 6.42 Å². The third-order valence-corrected chi connectivity index (χ3v) is 5.45. The molecule has 0 radical (unpaired) electrons. The van der Waals surface area contributed by atoms with Crippen molar-refractivity contribution in [1.82, 2.24) is 15.6 Å². The normalized spacial score (nSPS) is 12.5. The van der Waals surface area contributed by atoms with Gasteiger partial charge in [0.05, 0.1) is 16.7 Å². The quantitative estimate of drug-likeness (QED) is 0.342. The molecular weight excluding hydrogens is 499 g/mol. The molecule has 7 heteroatoms. The number of hydrogen-bond donors (Lipinski definition) is 2. The summed E-state index contributed by atoms with van der Waals surface area (Å²) in [6, 6.07) is 8.40. The van der Waals surface area contributed by atoms with Crippen molar-refractivity contribution >= 4 is 57.2 Å². The van der Waals surface area contributed by atoms with Crippen LogP contribution in [0.25, 0.3) is 0 Å². The molecule has 2 aromatic rings. The van der Waals surface area contributed by atoms with Crippen LogP contribution in [0, 0.1) is 13.8 Å². The maximum Gasteiger partial charge on any atom is 0.191 e. The summed E-state index contributed by atoms with van der Waals surface area (Å²) < 4.78 is 1.10. The van der Waals surface area contributed by atoms with Crippen LogP contribution in [0.5, 0.6) is 0 Å². The number of nitrogens with zero attached hydrogens (tertiary/aromatic N) is 2. The van der Waals surface area contributed by atoms with Gasteiger partial charge >= 0.3 is 0 Å². The summed E-state index contributed by atoms with van der Waals surface area (Å²) in [7, 11) is 1.80. The first-order valence-corrected chi connectivity index (χ1v) is 9.26. The van der Waals surface area contributed by atoms with Crippen LogP contribution < -0.4 is 10.6 Å². The van der Waals surface area contributed by atoms with E-state index < -0.39 is 0 Å². The molecule has 0 bridgehead atoms. The molecule has 1 atom stereocenters. The van der Waals surface area contributed by atoms with E-state index in [1.54, 1.807) is 18.4 Å². The molecule has 2 N–H and O–H groups in total. The van der Waals surface area contributed by atoms with Gasteiger partial charge in [0.1, 0.15) is 0 Å². The molecule has 0 spiro atoms. The molecule has 2 rings (SSSR count). The number of halogens is 2. The number of benzene rings is 1. The number of rotatable bonds is 5. The topological polar surface area (TPSA) is 49.3 Å². The Bertz CT molecular complexity index is 687. The average Bonchev–Trinajstić information content (AvgIpc) is 2.84. The minimum atomic E-state index is 0. The van der Waals surface area contributed by atoms with E-state index in [1.165, 1.54) is 10.4 Å². The van der Waals surface area contributed by atoms with Gasteiger partial charge in [-0.3, -0.25) is 4.99 Å². The zero-order valence-electron chi connectivity index (χ0n) is 14.4. The Hall–Kier alpha value is -0.670. The highest BCUT2D eigenvalue weighted by atomic mass is 127. The van der Waals surface area contributed by atoms with Gasteiger partial charge in [0.15, 0.2) is 5.96 Å². The van der Waals surface area contributed by atoms with Crippen molar-refractivity contribution in [2.75, 3.05) is 13.6 Å². The Morgan fingerprint density at radius 2 is 2.04 bits per heavy atom. The molecule has 0 amide bonds. The van der Waals surface area contributed by atoms with E-state index in [-0.39, 0.29) is 30.0 Å². The number of hydrogen-bond acceptors (Lipinski definition) is 3. The number of aryl methyl sites for hydroxylation is 2. The summed E-state index contributed by atoms with van der Waals surface area (Å²) in [6.07, 6.45) is 0.960. The fraction of sp³-hybridized carbons (Fsp3) is 0.412. The number of aliphatic imine (C=N–C) groups is 1. The number of thiazole rings is 1. The molecule has 24 heavy (non-hydrogen) atoms. The highest BCUT2D eigenvalue weighted by Gasteiger charge is 2.11. The molecule has 0 aliphatic rings. The number of guanidine groups is 1. The standard InChI is InChI=1S/C17H23BrN4S.HI/c1-11(14-7-5-6-8-15(14)18)22-17(19-4)20-10-9-16-12(2)21-13(3)23-16;/h5-8,11H,9-10H2,1-4H3,(H2,19,20,22);1H. The predicted molar refractivity (Wildman–Crippen MR) is 118 cm³/mol. The van der Waals surface area contributed by atoms with Gasteiger partial charge in [0.2, 0.25) is 0 Å². The van der Waals surface area contributed by atoms with Crippen molar-refractivity contribution in [2.45, 2.75) is 33.2 Å². The number of nitrogens with one attached hydrogen (secondary N) is 2. The molecule has 1 aromatic carbocycles. The first-order valence-electron chi connectivity index (χ1n) is 7.65. The van der Waals surface area contributed by atoms with Gasteiger partial charge in [0, 0.05) is 29.4 Å². The molecule has 0 aliphatic heterocycles. The lowest BCUT2D eigenvalue weighted by atomic mass is 10.1. The van der Waals surface area contributed by atoms with E-state index in [2.05, 4.69) is 69.4 Å². The summed E-state index contributed by atoms with van der Waals surface area (Å²) in [4.78, 5) is 10.1. The second kappa shape index (κ2) is 10.4. The van der Waals surface area contributed by atoms with Gasteiger partial charge < -0.3 is 10.6 Å². The van der Waals surface area contributed by atoms with E-state index >= 15 is 0 Å². The highest BCUT2D eigenvalue weighted by Crippen LogP contribution is 2.22. The van der Waals surface area contributed by atoms with Crippen LogP contribution in [0.4, 0.5) is 0 Å². The number of aromatic nitrogens is 1. The molecule has 1 unspecified atom stereocenters. The molecule has 1 heterocycles. The monoisotopic (exact) mass is 522 g/mol. The van der Waals surface area contributed by atoms with Crippen LogP contribution in [0.2, 0.25) is 0 Å². The molecule has 1 aromatic heterocycles. The van der Waals surface area contributed by atoms with Gasteiger partial charge in [0.25, 0.3) is 0 Å². The maximum absolute atomic E-state index is 4.47. The van der Waals surface area contributed by atoms with E-state index in [1.807, 2.05) is 12.1 Å². The zero-order chi connectivity index (χ0) is 16.8. The Labute approximate surface area is 173 Å². The Morgan fingerprint density at radius 1 is 1.33 bits per heavy atom. The smallest absolute Gasteiger partial charge is 0.191 e. The summed E-state index contributed by atoms with van der Waals surface area (Å²) in [5, 5.41) is 7.93. The molecule has 0 saturated heterocycles. The van der Waals surface area contributed by atoms with Crippen LogP contribution >= 0.6 is 51.2 Å². The first-order chi connectivity index (χ1) is 11.0. The summed E-state index contributed by atoms with van der Waals surface area (Å²) in [6.45, 7) is 7.09. The largest absolute Gasteiger partial charge is 0.356 e. The molecule has 0 fully saturated rings. The van der Waals surface area contributed by atoms with Crippen molar-refractivity contribution < 1.29 is 0 Å². The lowest BCUT2D eigenvalue weighted by molar-refractivity contribution is 0.682. The lowest BCUT2D eigenvalue weighted by Crippen LogP contribution is -2.39. The van der Waals surface area contributed by atoms with Crippen LogP contribution in [-0.4, -0.2) is 24.5 Å². The van der Waals surface area contributed by atoms with E-state index in [4.69, 9.17) is 0 Å². The minimum Gasteiger partial charge on any atom is -0.356 e. The SMILES string of the molecule is CN=C(NCCc1sc(C)nc1C)NC(C)c1ccccc1Br.I. The Kier molecular flexibility index (Phi) is 9.22. The summed E-state index contributed by atoms with van der Waals surface area (Å²) in [5.74, 6) is 0.812. The highest BCUT2D eigenvalue weighted by molar-refractivity contribution is 14.0. The van der Waals surface area contributed by atoms with Crippen molar-refractivity contribution in [3.05, 3.63) is 49.9 Å². The van der Waals surface area contributed by atoms with Crippen LogP contribution in [0.1, 0.15) is 34.1 Å². The van der Waals surface area contributed by atoms with E-state index in [0.717, 1.165) is 34.1 Å². The molecule has 0 aliphatic carbocycles. The molecule has 132 valence electrons. The third-order valence-electron chi connectivity index (χ3n) is 3.59. The van der Waals surface area contributed by atoms with Crippen molar-refractivity contribution in [2.24, 2.45) is 4.99 Å². The van der Waals surface area contributed by atoms with Gasteiger partial charge in [-0.1, -0.05) is 34.1 Å². The van der Waals surface area contributed by atoms with Crippen molar-refractivity contribution in [3.63, 3.8) is 0 Å². The Morgan fingerprint density at radius 3 is 2.62 bits per heavy atom. The maximum atomic E-state index is 4.47. The van der Waals surface area contributed by atoms with Gasteiger partial charge in [-0.05, 0) is 32.4 Å². The van der Waals surface area contributed by atoms with Crippen molar-refractivity contribution in [3.8, 4) is 0 Å². The van der Waals surface area contributed by atoms with Gasteiger partial charge in [-0.25, -0.2) is 4.98 Å². The fourth-order valence-corrected chi connectivity index (χ4v) is 3.97. The fourth-order valence-electron chi connectivity index (χ4n) is 2.40. The zero-order valence-corrected chi connectivity index (χ0v) is 19.1. The van der Waals surface area contributed by atoms with E-state index in [9.17, 15) is 0 Å². The molecule has 0 saturated carbocycles. The predicted octanol–water partition coefficient (Wildman–Crippen LogP) is 4.61. The van der Waals surface area contributed by atoms with Crippen LogP contribution in [0.3, 0.4) is 0 Å². The minimum absolute atomic E-state index is 0. The van der Waals surface area contributed by atoms with Crippen LogP contribution in [0.15, 0.2) is 33.7 Å². The average molecular weight is 523 g/mol. The van der Waals surface area contributed by atoms with Gasteiger partial charge in [-0.15, -0.1) is 35.3 Å².